The van der Waals surface area contributed by atoms with Crippen LogP contribution < -0.4 is 16.0 Å². The van der Waals surface area contributed by atoms with E-state index in [0.717, 1.165) is 17.7 Å². The zero-order chi connectivity index (χ0) is 20.0. The van der Waals surface area contributed by atoms with Crippen LogP contribution in [-0.2, 0) is 22.7 Å². The van der Waals surface area contributed by atoms with E-state index < -0.39 is 5.41 Å². The number of nitrogens with one attached hydrogen (secondary N) is 3. The van der Waals surface area contributed by atoms with Crippen molar-refractivity contribution in [2.75, 3.05) is 13.1 Å². The zero-order valence-corrected chi connectivity index (χ0v) is 16.7. The zero-order valence-electron chi connectivity index (χ0n) is 16.7. The lowest BCUT2D eigenvalue weighted by atomic mass is 9.82. The summed E-state index contributed by atoms with van der Waals surface area (Å²) < 4.78 is 0. The second-order valence-corrected chi connectivity index (χ2v) is 7.82. The third-order valence-corrected chi connectivity index (χ3v) is 5.33. The highest BCUT2D eigenvalue weighted by atomic mass is 16.2. The summed E-state index contributed by atoms with van der Waals surface area (Å²) in [6, 6.07) is 16.2. The monoisotopic (exact) mass is 379 g/mol. The number of rotatable bonds is 7. The first-order valence-electron chi connectivity index (χ1n) is 9.84. The summed E-state index contributed by atoms with van der Waals surface area (Å²) in [5, 5.41) is 9.25. The number of carbonyl (C=O) groups excluding carboxylic acids is 2. The summed E-state index contributed by atoms with van der Waals surface area (Å²) in [7, 11) is 0. The Kier molecular flexibility index (Phi) is 6.47. The van der Waals surface area contributed by atoms with E-state index in [9.17, 15) is 9.59 Å². The normalized spacial score (nSPS) is 18.6. The maximum Gasteiger partial charge on any atom is 0.228 e. The molecule has 0 saturated carbocycles. The van der Waals surface area contributed by atoms with Gasteiger partial charge in [0.1, 0.15) is 0 Å². The van der Waals surface area contributed by atoms with Crippen molar-refractivity contribution in [2.24, 2.45) is 5.41 Å². The van der Waals surface area contributed by atoms with E-state index in [1.807, 2.05) is 50.2 Å². The Hall–Kier alpha value is -2.66. The molecule has 0 aliphatic carbocycles. The van der Waals surface area contributed by atoms with Crippen LogP contribution in [0.4, 0.5) is 0 Å². The Labute approximate surface area is 166 Å². The molecule has 1 saturated heterocycles. The van der Waals surface area contributed by atoms with E-state index in [0.29, 0.717) is 26.1 Å². The van der Waals surface area contributed by atoms with E-state index in [-0.39, 0.29) is 18.2 Å². The molecule has 1 fully saturated rings. The number of hydrogen-bond acceptors (Lipinski definition) is 3. The fraction of sp³-hybridized carbons (Fsp3) is 0.391. The minimum atomic E-state index is -0.680. The molecule has 3 N–H and O–H groups in total. The summed E-state index contributed by atoms with van der Waals surface area (Å²) in [4.78, 5) is 25.5. The molecule has 1 aliphatic rings. The van der Waals surface area contributed by atoms with Gasteiger partial charge < -0.3 is 16.0 Å². The average molecular weight is 380 g/mol. The largest absolute Gasteiger partial charge is 0.352 e. The standard InChI is InChI=1S/C23H29N3O2/c1-17-5-3-7-19(11-17)14-25-21(27)13-23(9-10-24-16-23)22(28)26-15-20-8-4-6-18(2)12-20/h3-8,11-12,24H,9-10,13-16H2,1-2H3,(H,25,27)(H,26,28). The van der Waals surface area contributed by atoms with Crippen LogP contribution in [0.1, 0.15) is 35.1 Å². The van der Waals surface area contributed by atoms with E-state index in [2.05, 4.69) is 28.1 Å². The molecule has 1 aliphatic heterocycles. The molecule has 3 rings (SSSR count). The molecule has 2 aromatic rings. The van der Waals surface area contributed by atoms with Crippen molar-refractivity contribution < 1.29 is 9.59 Å². The fourth-order valence-electron chi connectivity index (χ4n) is 3.75. The highest BCUT2D eigenvalue weighted by Crippen LogP contribution is 2.30. The van der Waals surface area contributed by atoms with E-state index >= 15 is 0 Å². The van der Waals surface area contributed by atoms with E-state index in [1.165, 1.54) is 11.1 Å². The molecular formula is C23H29N3O2. The molecule has 1 heterocycles. The topological polar surface area (TPSA) is 70.2 Å². The van der Waals surface area contributed by atoms with Crippen LogP contribution >= 0.6 is 0 Å². The number of carbonyl (C=O) groups is 2. The lowest BCUT2D eigenvalue weighted by Gasteiger charge is -2.26. The quantitative estimate of drug-likeness (QED) is 0.693. The molecule has 5 heteroatoms. The summed E-state index contributed by atoms with van der Waals surface area (Å²) in [5.41, 5.74) is 3.79. The molecule has 0 spiro atoms. The maximum absolute atomic E-state index is 12.9. The van der Waals surface area contributed by atoms with E-state index in [1.54, 1.807) is 0 Å². The van der Waals surface area contributed by atoms with Gasteiger partial charge in [-0.2, -0.15) is 0 Å². The van der Waals surface area contributed by atoms with Crippen LogP contribution in [0.25, 0.3) is 0 Å². The highest BCUT2D eigenvalue weighted by molar-refractivity contribution is 5.89. The summed E-state index contributed by atoms with van der Waals surface area (Å²) in [6.45, 7) is 6.31. The van der Waals surface area contributed by atoms with Gasteiger partial charge in [-0.1, -0.05) is 59.7 Å². The molecule has 0 bridgehead atoms. The first-order valence-corrected chi connectivity index (χ1v) is 9.84. The third kappa shape index (κ3) is 5.20. The van der Waals surface area contributed by atoms with Crippen molar-refractivity contribution >= 4 is 11.8 Å². The van der Waals surface area contributed by atoms with Gasteiger partial charge in [0.05, 0.1) is 5.41 Å². The second-order valence-electron chi connectivity index (χ2n) is 7.82. The lowest BCUT2D eigenvalue weighted by molar-refractivity contribution is -0.135. The molecule has 28 heavy (non-hydrogen) atoms. The Morgan fingerprint density at radius 3 is 2.11 bits per heavy atom. The summed E-state index contributed by atoms with van der Waals surface area (Å²) >= 11 is 0. The second kappa shape index (κ2) is 9.02. The van der Waals surface area contributed by atoms with Gasteiger partial charge in [-0.25, -0.2) is 0 Å². The van der Waals surface area contributed by atoms with Crippen molar-refractivity contribution in [3.05, 3.63) is 70.8 Å². The van der Waals surface area contributed by atoms with Gasteiger partial charge in [-0.3, -0.25) is 9.59 Å². The van der Waals surface area contributed by atoms with Gasteiger partial charge >= 0.3 is 0 Å². The number of benzene rings is 2. The molecule has 2 amide bonds. The van der Waals surface area contributed by atoms with Gasteiger partial charge in [0.15, 0.2) is 0 Å². The van der Waals surface area contributed by atoms with Gasteiger partial charge in [0, 0.05) is 26.1 Å². The number of amides is 2. The smallest absolute Gasteiger partial charge is 0.228 e. The fourth-order valence-corrected chi connectivity index (χ4v) is 3.75. The average Bonchev–Trinajstić information content (AvgIpc) is 3.14. The molecule has 1 unspecified atom stereocenters. The maximum atomic E-state index is 12.9. The summed E-state index contributed by atoms with van der Waals surface area (Å²) in [5.74, 6) is -0.138. The minimum absolute atomic E-state index is 0.0512. The minimum Gasteiger partial charge on any atom is -0.352 e. The van der Waals surface area contributed by atoms with Crippen molar-refractivity contribution in [1.29, 1.82) is 0 Å². The molecule has 5 nitrogen and oxygen atoms in total. The van der Waals surface area contributed by atoms with Crippen LogP contribution in [0.5, 0.6) is 0 Å². The summed E-state index contributed by atoms with van der Waals surface area (Å²) in [6.07, 6.45) is 0.871. The predicted octanol–water partition coefficient (Wildman–Crippen LogP) is 2.61. The van der Waals surface area contributed by atoms with Crippen LogP contribution in [0, 0.1) is 19.3 Å². The molecule has 148 valence electrons. The van der Waals surface area contributed by atoms with Crippen molar-refractivity contribution in [3.8, 4) is 0 Å². The Morgan fingerprint density at radius 2 is 1.57 bits per heavy atom. The molecule has 0 radical (unpaired) electrons. The van der Waals surface area contributed by atoms with E-state index in [4.69, 9.17) is 0 Å². The lowest BCUT2D eigenvalue weighted by Crippen LogP contribution is -2.45. The highest BCUT2D eigenvalue weighted by Gasteiger charge is 2.42. The third-order valence-electron chi connectivity index (χ3n) is 5.33. The van der Waals surface area contributed by atoms with Crippen molar-refractivity contribution in [1.82, 2.24) is 16.0 Å². The van der Waals surface area contributed by atoms with Crippen LogP contribution in [0.2, 0.25) is 0 Å². The number of hydrogen-bond donors (Lipinski definition) is 3. The molecule has 1 atom stereocenters. The van der Waals surface area contributed by atoms with Gasteiger partial charge in [-0.05, 0) is 37.9 Å². The van der Waals surface area contributed by atoms with Gasteiger partial charge in [-0.15, -0.1) is 0 Å². The number of aryl methyl sites for hydroxylation is 2. The van der Waals surface area contributed by atoms with Crippen LogP contribution in [0.15, 0.2) is 48.5 Å². The van der Waals surface area contributed by atoms with Gasteiger partial charge in [0.25, 0.3) is 0 Å². The predicted molar refractivity (Wildman–Crippen MR) is 111 cm³/mol. The first kappa shape index (κ1) is 20.1. The SMILES string of the molecule is Cc1cccc(CNC(=O)CC2(C(=O)NCc3cccc(C)c3)CCNC2)c1. The Bertz CT molecular complexity index is 841. The first-order chi connectivity index (χ1) is 13.5. The molecule has 2 aromatic carbocycles. The van der Waals surface area contributed by atoms with Crippen LogP contribution in [0.3, 0.4) is 0 Å². The Balaban J connectivity index is 1.57. The van der Waals surface area contributed by atoms with Crippen molar-refractivity contribution in [3.63, 3.8) is 0 Å². The van der Waals surface area contributed by atoms with Crippen molar-refractivity contribution in [2.45, 2.75) is 39.8 Å². The molecule has 0 aromatic heterocycles. The van der Waals surface area contributed by atoms with Crippen LogP contribution in [-0.4, -0.2) is 24.9 Å². The Morgan fingerprint density at radius 1 is 0.964 bits per heavy atom. The van der Waals surface area contributed by atoms with Gasteiger partial charge in [0.2, 0.25) is 11.8 Å². The molecular weight excluding hydrogens is 350 g/mol.